The van der Waals surface area contributed by atoms with Gasteiger partial charge in [0.05, 0.1) is 12.1 Å². The summed E-state index contributed by atoms with van der Waals surface area (Å²) >= 11 is 0. The molecule has 0 aliphatic carbocycles. The summed E-state index contributed by atoms with van der Waals surface area (Å²) in [6, 6.07) is -1.24. The number of rotatable bonds is 6. The van der Waals surface area contributed by atoms with Gasteiger partial charge in [0.25, 0.3) is 0 Å². The number of hydrogen-bond acceptors (Lipinski definition) is 4. The van der Waals surface area contributed by atoms with Crippen LogP contribution in [0.3, 0.4) is 0 Å². The van der Waals surface area contributed by atoms with Crippen LogP contribution in [0.25, 0.3) is 0 Å². The lowest BCUT2D eigenvalue weighted by Gasteiger charge is -2.21. The van der Waals surface area contributed by atoms with Gasteiger partial charge in [0.1, 0.15) is 6.04 Å². The molecular formula is C12H25ClN2O3. The van der Waals surface area contributed by atoms with E-state index < -0.39 is 18.1 Å². The highest BCUT2D eigenvalue weighted by Crippen LogP contribution is 2.08. The summed E-state index contributed by atoms with van der Waals surface area (Å²) in [7, 11) is 0. The molecule has 18 heavy (non-hydrogen) atoms. The molecular weight excluding hydrogens is 256 g/mol. The molecule has 0 radical (unpaired) electrons. The van der Waals surface area contributed by atoms with Crippen LogP contribution < -0.4 is 11.1 Å². The molecule has 108 valence electrons. The fraction of sp³-hybridized carbons (Fsp3) is 0.833. The Kier molecular flexibility index (Phi) is 9.94. The van der Waals surface area contributed by atoms with Crippen LogP contribution in [0.2, 0.25) is 0 Å². The molecule has 3 N–H and O–H groups in total. The minimum atomic E-state index is -0.628. The van der Waals surface area contributed by atoms with Crippen LogP contribution in [-0.4, -0.2) is 30.1 Å². The van der Waals surface area contributed by atoms with Crippen molar-refractivity contribution < 1.29 is 14.3 Å². The average molecular weight is 281 g/mol. The van der Waals surface area contributed by atoms with Crippen LogP contribution in [0.1, 0.15) is 41.0 Å². The van der Waals surface area contributed by atoms with Gasteiger partial charge in [-0.05, 0) is 33.1 Å². The highest BCUT2D eigenvalue weighted by Gasteiger charge is 2.25. The molecule has 6 heteroatoms. The Bertz CT molecular complexity index is 268. The van der Waals surface area contributed by atoms with Crippen molar-refractivity contribution in [3.05, 3.63) is 0 Å². The second kappa shape index (κ2) is 9.16. The second-order valence-electron chi connectivity index (χ2n) is 4.97. The van der Waals surface area contributed by atoms with Gasteiger partial charge in [0.2, 0.25) is 5.91 Å². The molecule has 0 heterocycles. The van der Waals surface area contributed by atoms with Crippen molar-refractivity contribution in [1.29, 1.82) is 0 Å². The number of hydrogen-bond donors (Lipinski definition) is 2. The van der Waals surface area contributed by atoms with Crippen LogP contribution in [0.15, 0.2) is 0 Å². The van der Waals surface area contributed by atoms with Gasteiger partial charge in [-0.2, -0.15) is 0 Å². The molecule has 0 aliphatic heterocycles. The van der Waals surface area contributed by atoms with Gasteiger partial charge in [-0.25, -0.2) is 4.79 Å². The molecule has 0 spiro atoms. The van der Waals surface area contributed by atoms with E-state index in [0.29, 0.717) is 6.42 Å². The first-order chi connectivity index (χ1) is 7.73. The van der Waals surface area contributed by atoms with Crippen molar-refractivity contribution in [3.8, 4) is 0 Å². The van der Waals surface area contributed by atoms with E-state index >= 15 is 0 Å². The van der Waals surface area contributed by atoms with Crippen molar-refractivity contribution in [1.82, 2.24) is 5.32 Å². The number of halogens is 1. The molecule has 0 bridgehead atoms. The van der Waals surface area contributed by atoms with Crippen molar-refractivity contribution in [3.63, 3.8) is 0 Å². The molecule has 0 unspecified atom stereocenters. The lowest BCUT2D eigenvalue weighted by Crippen LogP contribution is -2.48. The van der Waals surface area contributed by atoms with Gasteiger partial charge in [-0.1, -0.05) is 13.8 Å². The predicted octanol–water partition coefficient (Wildman–Crippen LogP) is 1.24. The lowest BCUT2D eigenvalue weighted by molar-refractivity contribution is -0.152. The van der Waals surface area contributed by atoms with Crippen LogP contribution in [-0.2, 0) is 14.3 Å². The molecule has 5 nitrogen and oxygen atoms in total. The number of ether oxygens (including phenoxy) is 1. The van der Waals surface area contributed by atoms with Crippen molar-refractivity contribution >= 4 is 24.3 Å². The number of nitrogens with one attached hydrogen (secondary N) is 1. The lowest BCUT2D eigenvalue weighted by atomic mass is 10.0. The predicted molar refractivity (Wildman–Crippen MR) is 73.5 cm³/mol. The zero-order valence-electron chi connectivity index (χ0n) is 11.7. The maximum atomic E-state index is 11.8. The van der Waals surface area contributed by atoms with Gasteiger partial charge in [0.15, 0.2) is 0 Å². The molecule has 0 aliphatic rings. The fourth-order valence-corrected chi connectivity index (χ4v) is 1.30. The molecule has 0 aromatic carbocycles. The Hall–Kier alpha value is -0.810. The molecule has 0 rings (SSSR count). The molecule has 0 aromatic rings. The van der Waals surface area contributed by atoms with Crippen LogP contribution >= 0.6 is 12.4 Å². The minimum Gasteiger partial charge on any atom is -0.461 e. The van der Waals surface area contributed by atoms with E-state index in [1.54, 1.807) is 20.8 Å². The van der Waals surface area contributed by atoms with Crippen molar-refractivity contribution in [2.75, 3.05) is 0 Å². The highest BCUT2D eigenvalue weighted by molar-refractivity contribution is 5.87. The van der Waals surface area contributed by atoms with Gasteiger partial charge in [-0.3, -0.25) is 4.79 Å². The monoisotopic (exact) mass is 280 g/mol. The van der Waals surface area contributed by atoms with E-state index in [1.807, 2.05) is 13.8 Å². The number of amides is 1. The van der Waals surface area contributed by atoms with Gasteiger partial charge in [-0.15, -0.1) is 12.4 Å². The zero-order valence-corrected chi connectivity index (χ0v) is 12.5. The molecule has 0 saturated carbocycles. The molecule has 0 fully saturated rings. The third-order valence-corrected chi connectivity index (χ3v) is 2.07. The Balaban J connectivity index is 0. The summed E-state index contributed by atoms with van der Waals surface area (Å²) in [6.45, 7) is 9.09. The first-order valence-electron chi connectivity index (χ1n) is 6.00. The van der Waals surface area contributed by atoms with Crippen LogP contribution in [0, 0.1) is 5.92 Å². The van der Waals surface area contributed by atoms with E-state index in [-0.39, 0.29) is 30.3 Å². The smallest absolute Gasteiger partial charge is 0.328 e. The fourth-order valence-electron chi connectivity index (χ4n) is 1.30. The third-order valence-electron chi connectivity index (χ3n) is 2.07. The summed E-state index contributed by atoms with van der Waals surface area (Å²) in [4.78, 5) is 23.3. The first-order valence-corrected chi connectivity index (χ1v) is 6.00. The molecule has 1 amide bonds. The SMILES string of the molecule is CC(C)C[C@H](NC(=O)[C@H](C)N)C(=O)OC(C)C.Cl. The number of nitrogens with two attached hydrogens (primary N) is 1. The summed E-state index contributed by atoms with van der Waals surface area (Å²) in [5, 5.41) is 2.61. The Morgan fingerprint density at radius 1 is 1.17 bits per heavy atom. The first kappa shape index (κ1) is 19.5. The standard InChI is InChI=1S/C12H24N2O3.ClH/c1-7(2)6-10(12(16)17-8(3)4)14-11(15)9(5)13;/h7-10H,6,13H2,1-5H3,(H,14,15);1H/t9-,10-;/m0./s1. The minimum absolute atomic E-state index is 0. The number of carbonyl (C=O) groups is 2. The van der Waals surface area contributed by atoms with Gasteiger partial charge >= 0.3 is 5.97 Å². The van der Waals surface area contributed by atoms with E-state index in [9.17, 15) is 9.59 Å². The Morgan fingerprint density at radius 2 is 1.67 bits per heavy atom. The Morgan fingerprint density at radius 3 is 2.00 bits per heavy atom. The normalized spacial score (nSPS) is 13.8. The van der Waals surface area contributed by atoms with E-state index in [0.717, 1.165) is 0 Å². The topological polar surface area (TPSA) is 81.4 Å². The summed E-state index contributed by atoms with van der Waals surface area (Å²) in [5.74, 6) is -0.452. The summed E-state index contributed by atoms with van der Waals surface area (Å²) in [6.07, 6.45) is 0.355. The molecule has 0 saturated heterocycles. The maximum absolute atomic E-state index is 11.8. The summed E-state index contributed by atoms with van der Waals surface area (Å²) < 4.78 is 5.10. The largest absolute Gasteiger partial charge is 0.461 e. The molecule has 2 atom stereocenters. The third kappa shape index (κ3) is 8.31. The summed E-state index contributed by atoms with van der Waals surface area (Å²) in [5.41, 5.74) is 5.45. The van der Waals surface area contributed by atoms with Crippen LogP contribution in [0.4, 0.5) is 0 Å². The zero-order chi connectivity index (χ0) is 13.6. The second-order valence-corrected chi connectivity index (χ2v) is 4.97. The van der Waals surface area contributed by atoms with E-state index in [4.69, 9.17) is 10.5 Å². The van der Waals surface area contributed by atoms with Crippen molar-refractivity contribution in [2.24, 2.45) is 11.7 Å². The molecule has 0 aromatic heterocycles. The van der Waals surface area contributed by atoms with Crippen molar-refractivity contribution in [2.45, 2.75) is 59.2 Å². The maximum Gasteiger partial charge on any atom is 0.328 e. The Labute approximate surface area is 115 Å². The quantitative estimate of drug-likeness (QED) is 0.717. The number of carbonyl (C=O) groups excluding carboxylic acids is 2. The number of esters is 1. The van der Waals surface area contributed by atoms with Crippen LogP contribution in [0.5, 0.6) is 0 Å². The highest BCUT2D eigenvalue weighted by atomic mass is 35.5. The van der Waals surface area contributed by atoms with Gasteiger partial charge < -0.3 is 15.8 Å². The van der Waals surface area contributed by atoms with E-state index in [2.05, 4.69) is 5.32 Å². The average Bonchev–Trinajstić information content (AvgIpc) is 2.14. The van der Waals surface area contributed by atoms with Gasteiger partial charge in [0, 0.05) is 0 Å². The van der Waals surface area contributed by atoms with E-state index in [1.165, 1.54) is 0 Å².